The standard InChI is InChI=1S/C25H20F2N2O2/c1-25(2)23(30)28(24(31)29(25)19-11-7-4-8-12-19)22-20(26)15-18(16-21(22)27)14-13-17-9-5-3-6-10-17/h3-12,15-16,20,22H,1-2H3. The zero-order valence-electron chi connectivity index (χ0n) is 17.0. The Kier molecular flexibility index (Phi) is 5.20. The van der Waals surface area contributed by atoms with Gasteiger partial charge in [0.1, 0.15) is 23.6 Å². The first kappa shape index (κ1) is 20.5. The quantitative estimate of drug-likeness (QED) is 0.520. The summed E-state index contributed by atoms with van der Waals surface area (Å²) in [5.41, 5.74) is 0.0624. The molecule has 2 unspecified atom stereocenters. The van der Waals surface area contributed by atoms with Crippen molar-refractivity contribution in [3.8, 4) is 11.8 Å². The average Bonchev–Trinajstić information content (AvgIpc) is 2.92. The molecule has 0 spiro atoms. The molecule has 2 aromatic carbocycles. The van der Waals surface area contributed by atoms with Crippen LogP contribution < -0.4 is 4.90 Å². The summed E-state index contributed by atoms with van der Waals surface area (Å²) in [5.74, 6) is 4.01. The first-order valence-corrected chi connectivity index (χ1v) is 9.83. The highest BCUT2D eigenvalue weighted by atomic mass is 19.1. The summed E-state index contributed by atoms with van der Waals surface area (Å²) in [4.78, 5) is 28.1. The summed E-state index contributed by atoms with van der Waals surface area (Å²) in [7, 11) is 0. The van der Waals surface area contributed by atoms with E-state index in [4.69, 9.17) is 0 Å². The van der Waals surface area contributed by atoms with Crippen LogP contribution in [0, 0.1) is 11.8 Å². The van der Waals surface area contributed by atoms with Crippen molar-refractivity contribution in [1.82, 2.24) is 4.90 Å². The van der Waals surface area contributed by atoms with E-state index in [1.54, 1.807) is 56.3 Å². The second-order valence-electron chi connectivity index (χ2n) is 7.84. The third-order valence-electron chi connectivity index (χ3n) is 5.33. The summed E-state index contributed by atoms with van der Waals surface area (Å²) < 4.78 is 30.1. The van der Waals surface area contributed by atoms with Gasteiger partial charge >= 0.3 is 6.03 Å². The maximum Gasteiger partial charge on any atom is 0.332 e. The minimum absolute atomic E-state index is 0.156. The molecule has 0 N–H and O–H groups in total. The number of rotatable bonds is 2. The molecular weight excluding hydrogens is 398 g/mol. The van der Waals surface area contributed by atoms with Gasteiger partial charge in [0.25, 0.3) is 5.91 Å². The van der Waals surface area contributed by atoms with Crippen molar-refractivity contribution >= 4 is 17.6 Å². The Balaban J connectivity index is 1.64. The Morgan fingerprint density at radius 3 is 2.16 bits per heavy atom. The van der Waals surface area contributed by atoms with Crippen molar-refractivity contribution in [2.24, 2.45) is 0 Å². The zero-order chi connectivity index (χ0) is 22.2. The third kappa shape index (κ3) is 3.64. The Labute approximate surface area is 179 Å². The maximum atomic E-state index is 15.1. The van der Waals surface area contributed by atoms with Gasteiger partial charge in [-0.1, -0.05) is 48.2 Å². The number of hydrogen-bond donors (Lipinski definition) is 0. The molecule has 0 saturated carbocycles. The van der Waals surface area contributed by atoms with Crippen molar-refractivity contribution in [3.05, 3.63) is 89.8 Å². The van der Waals surface area contributed by atoms with E-state index in [1.807, 2.05) is 18.2 Å². The van der Waals surface area contributed by atoms with Gasteiger partial charge in [0.15, 0.2) is 0 Å². The van der Waals surface area contributed by atoms with E-state index >= 15 is 8.78 Å². The van der Waals surface area contributed by atoms with Crippen molar-refractivity contribution < 1.29 is 18.4 Å². The number of urea groups is 1. The predicted molar refractivity (Wildman–Crippen MR) is 115 cm³/mol. The number of imide groups is 1. The van der Waals surface area contributed by atoms with E-state index in [2.05, 4.69) is 11.8 Å². The molecule has 0 radical (unpaired) electrons. The topological polar surface area (TPSA) is 40.6 Å². The Morgan fingerprint density at radius 1 is 0.935 bits per heavy atom. The molecule has 1 aliphatic heterocycles. The highest BCUT2D eigenvalue weighted by Crippen LogP contribution is 2.38. The smallest absolute Gasteiger partial charge is 0.279 e. The molecule has 0 aromatic heterocycles. The Hall–Kier alpha value is -3.72. The summed E-state index contributed by atoms with van der Waals surface area (Å²) in [6, 6.07) is 15.2. The fourth-order valence-corrected chi connectivity index (χ4v) is 3.79. The highest BCUT2D eigenvalue weighted by molar-refractivity contribution is 6.16. The van der Waals surface area contributed by atoms with Crippen LogP contribution in [-0.2, 0) is 4.79 Å². The van der Waals surface area contributed by atoms with Gasteiger partial charge in [-0.2, -0.15) is 0 Å². The molecular formula is C25H20F2N2O2. The number of nitrogens with zero attached hydrogens (tertiary/aromatic N) is 2. The summed E-state index contributed by atoms with van der Waals surface area (Å²) in [6.45, 7) is 3.12. The van der Waals surface area contributed by atoms with Crippen LogP contribution >= 0.6 is 0 Å². The van der Waals surface area contributed by atoms with Gasteiger partial charge in [-0.25, -0.2) is 18.5 Å². The van der Waals surface area contributed by atoms with Crippen molar-refractivity contribution in [3.63, 3.8) is 0 Å². The minimum atomic E-state index is -1.91. The molecule has 2 aliphatic rings. The fourth-order valence-electron chi connectivity index (χ4n) is 3.79. The molecule has 2 aromatic rings. The van der Waals surface area contributed by atoms with Crippen LogP contribution in [0.4, 0.5) is 19.3 Å². The van der Waals surface area contributed by atoms with Crippen LogP contribution in [0.3, 0.4) is 0 Å². The van der Waals surface area contributed by atoms with Gasteiger partial charge in [0, 0.05) is 16.8 Å². The lowest BCUT2D eigenvalue weighted by Crippen LogP contribution is -2.48. The molecule has 1 heterocycles. The predicted octanol–water partition coefficient (Wildman–Crippen LogP) is 4.79. The van der Waals surface area contributed by atoms with Crippen LogP contribution in [0.5, 0.6) is 0 Å². The second-order valence-corrected chi connectivity index (χ2v) is 7.84. The normalized spacial score (nSPS) is 22.6. The second kappa shape index (κ2) is 7.84. The summed E-state index contributed by atoms with van der Waals surface area (Å²) in [6.07, 6.45) is 0.308. The molecule has 1 saturated heterocycles. The van der Waals surface area contributed by atoms with Gasteiger partial charge in [-0.15, -0.1) is 0 Å². The molecule has 4 nitrogen and oxygen atoms in total. The lowest BCUT2D eigenvalue weighted by Gasteiger charge is -2.28. The van der Waals surface area contributed by atoms with E-state index < -0.39 is 35.5 Å². The maximum absolute atomic E-state index is 15.1. The van der Waals surface area contributed by atoms with Crippen LogP contribution in [0.25, 0.3) is 0 Å². The molecule has 4 rings (SSSR count). The van der Waals surface area contributed by atoms with Crippen LogP contribution in [0.2, 0.25) is 0 Å². The zero-order valence-corrected chi connectivity index (χ0v) is 17.0. The number of allylic oxidation sites excluding steroid dienone is 2. The molecule has 1 fully saturated rings. The highest BCUT2D eigenvalue weighted by Gasteiger charge is 2.56. The monoisotopic (exact) mass is 418 g/mol. The van der Waals surface area contributed by atoms with E-state index in [0.717, 1.165) is 12.2 Å². The number of alkyl halides is 1. The first-order valence-electron chi connectivity index (χ1n) is 9.83. The first-order chi connectivity index (χ1) is 14.8. The SMILES string of the molecule is CC1(C)C(=O)N(C2C(F)=CC(C#Cc3ccccc3)=CC2F)C(=O)N1c1ccccc1. The number of carbonyl (C=O) groups excluding carboxylic acids is 2. The third-order valence-corrected chi connectivity index (χ3v) is 5.33. The van der Waals surface area contributed by atoms with Crippen LogP contribution in [0.15, 0.2) is 84.2 Å². The van der Waals surface area contributed by atoms with Crippen molar-refractivity contribution in [2.75, 3.05) is 4.90 Å². The molecule has 1 aliphatic carbocycles. The van der Waals surface area contributed by atoms with Crippen LogP contribution in [-0.4, -0.2) is 34.6 Å². The fraction of sp³-hybridized carbons (Fsp3) is 0.200. The molecule has 156 valence electrons. The van der Waals surface area contributed by atoms with Crippen molar-refractivity contribution in [2.45, 2.75) is 31.6 Å². The van der Waals surface area contributed by atoms with E-state index in [1.165, 1.54) is 4.90 Å². The number of amides is 3. The van der Waals surface area contributed by atoms with Gasteiger partial charge in [-0.3, -0.25) is 9.69 Å². The Bertz CT molecular complexity index is 1140. The van der Waals surface area contributed by atoms with Crippen molar-refractivity contribution in [1.29, 1.82) is 0 Å². The van der Waals surface area contributed by atoms with Gasteiger partial charge in [-0.05, 0) is 50.3 Å². The molecule has 3 amide bonds. The van der Waals surface area contributed by atoms with Gasteiger partial charge in [0.2, 0.25) is 0 Å². The van der Waals surface area contributed by atoms with Gasteiger partial charge in [0.05, 0.1) is 0 Å². The van der Waals surface area contributed by atoms with Crippen LogP contribution in [0.1, 0.15) is 19.4 Å². The minimum Gasteiger partial charge on any atom is -0.279 e. The lowest BCUT2D eigenvalue weighted by molar-refractivity contribution is -0.131. The Morgan fingerprint density at radius 2 is 1.55 bits per heavy atom. The van der Waals surface area contributed by atoms with E-state index in [0.29, 0.717) is 16.2 Å². The number of para-hydroxylation sites is 1. The number of hydrogen-bond acceptors (Lipinski definition) is 2. The lowest BCUT2D eigenvalue weighted by atomic mass is 9.97. The van der Waals surface area contributed by atoms with Gasteiger partial charge < -0.3 is 0 Å². The number of halogens is 2. The van der Waals surface area contributed by atoms with E-state index in [-0.39, 0.29) is 5.57 Å². The summed E-state index contributed by atoms with van der Waals surface area (Å²) >= 11 is 0. The molecule has 6 heteroatoms. The largest absolute Gasteiger partial charge is 0.332 e. The average molecular weight is 418 g/mol. The summed E-state index contributed by atoms with van der Waals surface area (Å²) in [5, 5.41) is 0. The van der Waals surface area contributed by atoms with E-state index in [9.17, 15) is 9.59 Å². The molecule has 31 heavy (non-hydrogen) atoms. The number of anilines is 1. The number of benzene rings is 2. The number of carbonyl (C=O) groups is 2. The molecule has 0 bridgehead atoms. The molecule has 2 atom stereocenters.